The first-order valence-electron chi connectivity index (χ1n) is 6.80. The number of aromatic nitrogens is 2. The largest absolute Gasteiger partial charge is 0.334 e. The quantitative estimate of drug-likeness (QED) is 0.912. The number of hydrogen-bond acceptors (Lipinski definition) is 4. The molecule has 0 radical (unpaired) electrons. The first kappa shape index (κ1) is 15.4. The van der Waals surface area contributed by atoms with Gasteiger partial charge in [-0.05, 0) is 11.6 Å². The third-order valence-electron chi connectivity index (χ3n) is 2.80. The van der Waals surface area contributed by atoms with E-state index in [4.69, 9.17) is 0 Å². The Morgan fingerprint density at radius 2 is 2.05 bits per heavy atom. The molecule has 0 bridgehead atoms. The zero-order chi connectivity index (χ0) is 15.3. The van der Waals surface area contributed by atoms with Crippen LogP contribution in [0.25, 0.3) is 0 Å². The Balaban J connectivity index is 1.78. The smallest absolute Gasteiger partial charge is 0.315 e. The number of hydrogen-bond donors (Lipinski definition) is 2. The highest BCUT2D eigenvalue weighted by molar-refractivity contribution is 7.09. The van der Waals surface area contributed by atoms with Crippen molar-refractivity contribution in [3.8, 4) is 0 Å². The molecular formula is C15H20N4OS. The van der Waals surface area contributed by atoms with Gasteiger partial charge in [-0.25, -0.2) is 9.78 Å². The topological polar surface area (TPSA) is 66.9 Å². The average Bonchev–Trinajstić information content (AvgIpc) is 2.93. The first-order chi connectivity index (χ1) is 9.95. The molecule has 2 aromatic rings. The number of pyridine rings is 1. The van der Waals surface area contributed by atoms with Crippen LogP contribution in [0.15, 0.2) is 29.9 Å². The Kier molecular flexibility index (Phi) is 4.90. The molecule has 112 valence electrons. The van der Waals surface area contributed by atoms with Crippen LogP contribution in [0.2, 0.25) is 0 Å². The number of thiazole rings is 1. The maximum Gasteiger partial charge on any atom is 0.315 e. The van der Waals surface area contributed by atoms with Crippen LogP contribution in [-0.4, -0.2) is 16.0 Å². The minimum atomic E-state index is -0.204. The highest BCUT2D eigenvalue weighted by atomic mass is 32.1. The SMILES string of the molecule is CC(C)(C)c1nc(CNC(=O)NCc2cccnc2)cs1. The maximum atomic E-state index is 11.7. The molecule has 2 aromatic heterocycles. The van der Waals surface area contributed by atoms with E-state index in [1.165, 1.54) is 0 Å². The normalized spacial score (nSPS) is 11.2. The second-order valence-electron chi connectivity index (χ2n) is 5.79. The lowest BCUT2D eigenvalue weighted by atomic mass is 9.98. The monoisotopic (exact) mass is 304 g/mol. The minimum Gasteiger partial charge on any atom is -0.334 e. The van der Waals surface area contributed by atoms with Gasteiger partial charge in [0.05, 0.1) is 17.2 Å². The fourth-order valence-corrected chi connectivity index (χ4v) is 2.56. The number of carbonyl (C=O) groups is 1. The van der Waals surface area contributed by atoms with Crippen molar-refractivity contribution in [2.24, 2.45) is 0 Å². The molecule has 21 heavy (non-hydrogen) atoms. The van der Waals surface area contributed by atoms with E-state index >= 15 is 0 Å². The van der Waals surface area contributed by atoms with Crippen molar-refractivity contribution >= 4 is 17.4 Å². The van der Waals surface area contributed by atoms with Gasteiger partial charge in [-0.1, -0.05) is 26.8 Å². The van der Waals surface area contributed by atoms with Gasteiger partial charge in [0.2, 0.25) is 0 Å². The lowest BCUT2D eigenvalue weighted by Gasteiger charge is -2.13. The highest BCUT2D eigenvalue weighted by Gasteiger charge is 2.17. The molecule has 2 N–H and O–H groups in total. The molecule has 0 unspecified atom stereocenters. The molecule has 0 aliphatic rings. The summed E-state index contributed by atoms with van der Waals surface area (Å²) in [6.07, 6.45) is 3.44. The second kappa shape index (κ2) is 6.67. The highest BCUT2D eigenvalue weighted by Crippen LogP contribution is 2.25. The number of nitrogens with zero attached hydrogens (tertiary/aromatic N) is 2. The number of rotatable bonds is 4. The van der Waals surface area contributed by atoms with Crippen LogP contribution in [0.1, 0.15) is 37.0 Å². The first-order valence-corrected chi connectivity index (χ1v) is 7.68. The predicted octanol–water partition coefficient (Wildman–Crippen LogP) is 2.84. The summed E-state index contributed by atoms with van der Waals surface area (Å²) >= 11 is 1.63. The van der Waals surface area contributed by atoms with Crippen LogP contribution < -0.4 is 10.6 Å². The molecule has 0 aliphatic carbocycles. The number of urea groups is 1. The van der Waals surface area contributed by atoms with Gasteiger partial charge in [-0.3, -0.25) is 4.98 Å². The van der Waals surface area contributed by atoms with E-state index in [9.17, 15) is 4.79 Å². The van der Waals surface area contributed by atoms with E-state index in [0.29, 0.717) is 13.1 Å². The molecule has 0 saturated carbocycles. The van der Waals surface area contributed by atoms with E-state index in [1.54, 1.807) is 23.7 Å². The summed E-state index contributed by atoms with van der Waals surface area (Å²) in [6.45, 7) is 7.28. The van der Waals surface area contributed by atoms with Gasteiger partial charge in [0.1, 0.15) is 0 Å². The Bertz CT molecular complexity index is 589. The minimum absolute atomic E-state index is 0.0471. The molecular weight excluding hydrogens is 284 g/mol. The molecule has 0 aromatic carbocycles. The Morgan fingerprint density at radius 1 is 1.29 bits per heavy atom. The second-order valence-corrected chi connectivity index (χ2v) is 6.65. The zero-order valence-corrected chi connectivity index (χ0v) is 13.3. The molecule has 2 amide bonds. The fourth-order valence-electron chi connectivity index (χ4n) is 1.65. The van der Waals surface area contributed by atoms with Gasteiger partial charge in [-0.2, -0.15) is 0 Å². The van der Waals surface area contributed by atoms with Crippen molar-refractivity contribution in [2.75, 3.05) is 0 Å². The van der Waals surface area contributed by atoms with E-state index in [1.807, 2.05) is 17.5 Å². The van der Waals surface area contributed by atoms with Gasteiger partial charge in [0.25, 0.3) is 0 Å². The summed E-state index contributed by atoms with van der Waals surface area (Å²) < 4.78 is 0. The van der Waals surface area contributed by atoms with Crippen molar-refractivity contribution in [3.05, 3.63) is 46.2 Å². The summed E-state index contributed by atoms with van der Waals surface area (Å²) in [5, 5.41) is 8.67. The average molecular weight is 304 g/mol. The lowest BCUT2D eigenvalue weighted by molar-refractivity contribution is 0.240. The third kappa shape index (κ3) is 4.82. The van der Waals surface area contributed by atoms with Crippen molar-refractivity contribution in [1.29, 1.82) is 0 Å². The molecule has 0 fully saturated rings. The van der Waals surface area contributed by atoms with Gasteiger partial charge >= 0.3 is 6.03 Å². The van der Waals surface area contributed by atoms with Crippen LogP contribution in [0.5, 0.6) is 0 Å². The van der Waals surface area contributed by atoms with Crippen LogP contribution in [0.4, 0.5) is 4.79 Å². The molecule has 6 heteroatoms. The lowest BCUT2D eigenvalue weighted by Crippen LogP contribution is -2.34. The predicted molar refractivity (Wildman–Crippen MR) is 84.1 cm³/mol. The summed E-state index contributed by atoms with van der Waals surface area (Å²) in [5.74, 6) is 0. The molecule has 0 spiro atoms. The third-order valence-corrected chi connectivity index (χ3v) is 4.12. The molecule has 2 rings (SSSR count). The molecule has 2 heterocycles. The van der Waals surface area contributed by atoms with Crippen LogP contribution in [0, 0.1) is 0 Å². The fraction of sp³-hybridized carbons (Fsp3) is 0.400. The summed E-state index contributed by atoms with van der Waals surface area (Å²) in [5.41, 5.74) is 1.91. The van der Waals surface area contributed by atoms with Crippen molar-refractivity contribution in [1.82, 2.24) is 20.6 Å². The standard InChI is InChI=1S/C15H20N4OS/c1-15(2,3)13-19-12(10-21-13)9-18-14(20)17-8-11-5-4-6-16-7-11/h4-7,10H,8-9H2,1-3H3,(H2,17,18,20). The molecule has 0 saturated heterocycles. The van der Waals surface area contributed by atoms with Crippen LogP contribution in [0.3, 0.4) is 0 Å². The molecule has 0 atom stereocenters. The van der Waals surface area contributed by atoms with Crippen molar-refractivity contribution < 1.29 is 4.79 Å². The van der Waals surface area contributed by atoms with Crippen molar-refractivity contribution in [2.45, 2.75) is 39.3 Å². The Hall–Kier alpha value is -1.95. The summed E-state index contributed by atoms with van der Waals surface area (Å²) in [4.78, 5) is 20.3. The van der Waals surface area contributed by atoms with Gasteiger partial charge in [0, 0.05) is 29.7 Å². The van der Waals surface area contributed by atoms with Crippen LogP contribution >= 0.6 is 11.3 Å². The van der Waals surface area contributed by atoms with E-state index < -0.39 is 0 Å². The van der Waals surface area contributed by atoms with Crippen LogP contribution in [-0.2, 0) is 18.5 Å². The number of amides is 2. The maximum absolute atomic E-state index is 11.7. The summed E-state index contributed by atoms with van der Waals surface area (Å²) in [7, 11) is 0. The summed E-state index contributed by atoms with van der Waals surface area (Å²) in [6, 6.07) is 3.56. The number of nitrogens with one attached hydrogen (secondary N) is 2. The molecule has 5 nitrogen and oxygen atoms in total. The van der Waals surface area contributed by atoms with E-state index in [2.05, 4.69) is 41.4 Å². The Labute approximate surface area is 128 Å². The number of carbonyl (C=O) groups excluding carboxylic acids is 1. The van der Waals surface area contributed by atoms with E-state index in [-0.39, 0.29) is 11.4 Å². The van der Waals surface area contributed by atoms with Gasteiger partial charge in [0.15, 0.2) is 0 Å². The van der Waals surface area contributed by atoms with Gasteiger partial charge in [-0.15, -0.1) is 11.3 Å². The van der Waals surface area contributed by atoms with Crippen molar-refractivity contribution in [3.63, 3.8) is 0 Å². The zero-order valence-electron chi connectivity index (χ0n) is 12.5. The Morgan fingerprint density at radius 3 is 2.67 bits per heavy atom. The van der Waals surface area contributed by atoms with Gasteiger partial charge < -0.3 is 10.6 Å². The van der Waals surface area contributed by atoms with E-state index in [0.717, 1.165) is 16.3 Å². The molecule has 0 aliphatic heterocycles.